The number of piperazine rings is 1. The first-order chi connectivity index (χ1) is 14.4. The van der Waals surface area contributed by atoms with E-state index in [2.05, 4.69) is 16.8 Å². The zero-order valence-corrected chi connectivity index (χ0v) is 17.8. The van der Waals surface area contributed by atoms with Gasteiger partial charge >= 0.3 is 0 Å². The third-order valence-corrected chi connectivity index (χ3v) is 7.19. The zero-order chi connectivity index (χ0) is 21.6. The van der Waals surface area contributed by atoms with Crippen molar-refractivity contribution in [3.8, 4) is 0 Å². The molecule has 1 N–H and O–H groups in total. The fourth-order valence-corrected chi connectivity index (χ4v) is 4.89. The normalized spacial score (nSPS) is 18.7. The molecule has 30 heavy (non-hydrogen) atoms. The summed E-state index contributed by atoms with van der Waals surface area (Å²) < 4.78 is 32.5. The van der Waals surface area contributed by atoms with Gasteiger partial charge in [0.2, 0.25) is 21.8 Å². The number of ether oxygens (including phenoxy) is 1. The lowest BCUT2D eigenvalue weighted by atomic mass is 10.3. The van der Waals surface area contributed by atoms with Gasteiger partial charge in [0.05, 0.1) is 18.1 Å². The van der Waals surface area contributed by atoms with Crippen molar-refractivity contribution >= 4 is 27.5 Å². The van der Waals surface area contributed by atoms with Crippen LogP contribution in [-0.2, 0) is 24.3 Å². The van der Waals surface area contributed by atoms with Crippen LogP contribution >= 0.6 is 0 Å². The monoisotopic (exact) mass is 436 g/mol. The van der Waals surface area contributed by atoms with Gasteiger partial charge in [-0.2, -0.15) is 4.31 Å². The van der Waals surface area contributed by atoms with Crippen LogP contribution in [0.5, 0.6) is 0 Å². The van der Waals surface area contributed by atoms with Crippen molar-refractivity contribution in [2.75, 3.05) is 64.3 Å². The molecule has 0 aromatic heterocycles. The first kappa shape index (κ1) is 22.4. The molecular formula is C20H28N4O5S. The summed E-state index contributed by atoms with van der Waals surface area (Å²) in [6.45, 7) is 8.47. The molecule has 2 heterocycles. The van der Waals surface area contributed by atoms with Crippen LogP contribution in [0.25, 0.3) is 0 Å². The van der Waals surface area contributed by atoms with Crippen molar-refractivity contribution in [2.24, 2.45) is 0 Å². The summed E-state index contributed by atoms with van der Waals surface area (Å²) in [6.07, 6.45) is 1.58. The van der Waals surface area contributed by atoms with E-state index in [0.717, 1.165) is 19.2 Å². The highest BCUT2D eigenvalue weighted by Crippen LogP contribution is 2.20. The number of rotatable bonds is 7. The van der Waals surface area contributed by atoms with E-state index in [9.17, 15) is 18.0 Å². The molecule has 0 spiro atoms. The molecule has 2 saturated heterocycles. The van der Waals surface area contributed by atoms with Gasteiger partial charge in [-0.3, -0.25) is 14.5 Å². The van der Waals surface area contributed by atoms with Gasteiger partial charge in [-0.15, -0.1) is 0 Å². The van der Waals surface area contributed by atoms with Crippen LogP contribution in [0.2, 0.25) is 0 Å². The average Bonchev–Trinajstić information content (AvgIpc) is 2.78. The van der Waals surface area contributed by atoms with E-state index in [4.69, 9.17) is 4.74 Å². The number of nitrogens with one attached hydrogen (secondary N) is 1. The second-order valence-corrected chi connectivity index (χ2v) is 9.14. The van der Waals surface area contributed by atoms with Gasteiger partial charge < -0.3 is 15.0 Å². The third kappa shape index (κ3) is 5.66. The molecule has 1 aromatic rings. The SMILES string of the molecule is C=CC(=O)Nc1ccc(S(=O)(=O)N2CCN(C(=O)CCN3CCOCC3)CC2)cc1. The standard InChI is InChI=1S/C20H28N4O5S/c1-2-19(25)21-17-3-5-18(6-4-17)30(27,28)24-11-9-23(10-12-24)20(26)7-8-22-13-15-29-16-14-22/h2-6H,1,7-16H2,(H,21,25). The fourth-order valence-electron chi connectivity index (χ4n) is 3.47. The van der Waals surface area contributed by atoms with Crippen molar-refractivity contribution in [3.05, 3.63) is 36.9 Å². The Morgan fingerprint density at radius 1 is 1.03 bits per heavy atom. The highest BCUT2D eigenvalue weighted by Gasteiger charge is 2.30. The molecular weight excluding hydrogens is 408 g/mol. The Bertz CT molecular complexity index is 858. The highest BCUT2D eigenvalue weighted by atomic mass is 32.2. The molecule has 2 fully saturated rings. The summed E-state index contributed by atoms with van der Waals surface area (Å²) in [5, 5.41) is 2.58. The van der Waals surface area contributed by atoms with Gasteiger partial charge in [-0.05, 0) is 30.3 Å². The number of carbonyl (C=O) groups is 2. The molecule has 0 atom stereocenters. The van der Waals surface area contributed by atoms with Crippen molar-refractivity contribution in [1.29, 1.82) is 0 Å². The molecule has 0 radical (unpaired) electrons. The Morgan fingerprint density at radius 3 is 2.27 bits per heavy atom. The van der Waals surface area contributed by atoms with Crippen LogP contribution in [0.15, 0.2) is 41.8 Å². The third-order valence-electron chi connectivity index (χ3n) is 5.28. The average molecular weight is 437 g/mol. The topological polar surface area (TPSA) is 99.3 Å². The molecule has 1 aromatic carbocycles. The predicted molar refractivity (Wildman–Crippen MR) is 112 cm³/mol. The number of anilines is 1. The Morgan fingerprint density at radius 2 is 1.67 bits per heavy atom. The van der Waals surface area contributed by atoms with Gasteiger partial charge in [-0.1, -0.05) is 6.58 Å². The molecule has 0 bridgehead atoms. The van der Waals surface area contributed by atoms with Gasteiger partial charge in [0.15, 0.2) is 0 Å². The molecule has 0 aliphatic carbocycles. The summed E-state index contributed by atoms with van der Waals surface area (Å²) in [4.78, 5) is 27.9. The summed E-state index contributed by atoms with van der Waals surface area (Å²) in [7, 11) is -3.65. The predicted octanol–water partition coefficient (Wildman–Crippen LogP) is 0.366. The summed E-state index contributed by atoms with van der Waals surface area (Å²) in [6, 6.07) is 6.02. The number of nitrogens with zero attached hydrogens (tertiary/aromatic N) is 3. The smallest absolute Gasteiger partial charge is 0.247 e. The van der Waals surface area contributed by atoms with E-state index in [-0.39, 0.29) is 29.8 Å². The van der Waals surface area contributed by atoms with Crippen molar-refractivity contribution in [1.82, 2.24) is 14.1 Å². The van der Waals surface area contributed by atoms with Crippen molar-refractivity contribution < 1.29 is 22.7 Å². The van der Waals surface area contributed by atoms with Crippen LogP contribution in [0.3, 0.4) is 0 Å². The van der Waals surface area contributed by atoms with E-state index in [1.807, 2.05) is 0 Å². The lowest BCUT2D eigenvalue weighted by Gasteiger charge is -2.34. The van der Waals surface area contributed by atoms with Crippen LogP contribution in [0.1, 0.15) is 6.42 Å². The highest BCUT2D eigenvalue weighted by molar-refractivity contribution is 7.89. The summed E-state index contributed by atoms with van der Waals surface area (Å²) >= 11 is 0. The van der Waals surface area contributed by atoms with Crippen molar-refractivity contribution in [3.63, 3.8) is 0 Å². The van der Waals surface area contributed by atoms with Crippen molar-refractivity contribution in [2.45, 2.75) is 11.3 Å². The van der Waals surface area contributed by atoms with Crippen LogP contribution in [0.4, 0.5) is 5.69 Å². The first-order valence-electron chi connectivity index (χ1n) is 10.0. The summed E-state index contributed by atoms with van der Waals surface area (Å²) in [5.74, 6) is -0.305. The molecule has 3 rings (SSSR count). The maximum absolute atomic E-state index is 12.9. The maximum Gasteiger partial charge on any atom is 0.247 e. The number of benzene rings is 1. The molecule has 0 unspecified atom stereocenters. The minimum absolute atomic E-state index is 0.0563. The molecule has 2 amide bonds. The Hall–Kier alpha value is -2.27. The van der Waals surface area contributed by atoms with Crippen LogP contribution in [0, 0.1) is 0 Å². The lowest BCUT2D eigenvalue weighted by Crippen LogP contribution is -2.51. The van der Waals surface area contributed by atoms with E-state index in [1.165, 1.54) is 16.4 Å². The Labute approximate surface area is 177 Å². The number of hydrogen-bond donors (Lipinski definition) is 1. The Balaban J connectivity index is 1.51. The Kier molecular flexibility index (Phi) is 7.59. The van der Waals surface area contributed by atoms with Gasteiger partial charge in [-0.25, -0.2) is 8.42 Å². The zero-order valence-electron chi connectivity index (χ0n) is 17.0. The van der Waals surface area contributed by atoms with Gasteiger partial charge in [0.1, 0.15) is 0 Å². The van der Waals surface area contributed by atoms with Gasteiger partial charge in [0, 0.05) is 57.9 Å². The largest absolute Gasteiger partial charge is 0.379 e. The lowest BCUT2D eigenvalue weighted by molar-refractivity contribution is -0.133. The summed E-state index contributed by atoms with van der Waals surface area (Å²) in [5.41, 5.74) is 0.495. The fraction of sp³-hybridized carbons (Fsp3) is 0.500. The van der Waals surface area contributed by atoms with E-state index in [0.29, 0.717) is 45.0 Å². The molecule has 10 heteroatoms. The van der Waals surface area contributed by atoms with Crippen LogP contribution < -0.4 is 5.32 Å². The number of carbonyl (C=O) groups excluding carboxylic acids is 2. The second kappa shape index (κ2) is 10.2. The molecule has 0 saturated carbocycles. The minimum Gasteiger partial charge on any atom is -0.379 e. The second-order valence-electron chi connectivity index (χ2n) is 7.21. The van der Waals surface area contributed by atoms with E-state index in [1.54, 1.807) is 17.0 Å². The minimum atomic E-state index is -3.65. The molecule has 2 aliphatic rings. The molecule has 9 nitrogen and oxygen atoms in total. The van der Waals surface area contributed by atoms with E-state index < -0.39 is 10.0 Å². The molecule has 2 aliphatic heterocycles. The quantitative estimate of drug-likeness (QED) is 0.620. The van der Waals surface area contributed by atoms with Crippen LogP contribution in [-0.4, -0.2) is 93.4 Å². The number of amides is 2. The van der Waals surface area contributed by atoms with Gasteiger partial charge in [0.25, 0.3) is 0 Å². The number of sulfonamides is 1. The first-order valence-corrected chi connectivity index (χ1v) is 11.5. The van der Waals surface area contributed by atoms with E-state index >= 15 is 0 Å². The number of morpholine rings is 1. The maximum atomic E-state index is 12.9. The molecule has 164 valence electrons. The number of hydrogen-bond acceptors (Lipinski definition) is 6.